The van der Waals surface area contributed by atoms with Crippen molar-refractivity contribution >= 4 is 10.9 Å². The summed E-state index contributed by atoms with van der Waals surface area (Å²) in [7, 11) is 2.10. The SMILES string of the molecule is Cn1cc(Cc2cccc(CN)c2)c2ccccc21. The highest BCUT2D eigenvalue weighted by Crippen LogP contribution is 2.23. The highest BCUT2D eigenvalue weighted by atomic mass is 14.9. The van der Waals surface area contributed by atoms with Crippen LogP contribution >= 0.6 is 0 Å². The molecule has 0 bridgehead atoms. The van der Waals surface area contributed by atoms with Gasteiger partial charge in [0.05, 0.1) is 0 Å². The summed E-state index contributed by atoms with van der Waals surface area (Å²) in [4.78, 5) is 0. The van der Waals surface area contributed by atoms with Gasteiger partial charge in [-0.25, -0.2) is 0 Å². The number of hydrogen-bond donors (Lipinski definition) is 1. The summed E-state index contributed by atoms with van der Waals surface area (Å²) in [5.41, 5.74) is 10.9. The molecule has 0 aliphatic carbocycles. The first-order valence-corrected chi connectivity index (χ1v) is 6.59. The third-order valence-electron chi connectivity index (χ3n) is 3.60. The number of rotatable bonds is 3. The molecule has 0 aliphatic heterocycles. The predicted molar refractivity (Wildman–Crippen MR) is 80.1 cm³/mol. The van der Waals surface area contributed by atoms with E-state index in [2.05, 4.69) is 66.3 Å². The maximum atomic E-state index is 5.70. The van der Waals surface area contributed by atoms with Crippen molar-refractivity contribution in [2.75, 3.05) is 0 Å². The van der Waals surface area contributed by atoms with Crippen molar-refractivity contribution < 1.29 is 0 Å². The molecule has 0 radical (unpaired) electrons. The van der Waals surface area contributed by atoms with Crippen LogP contribution in [0.5, 0.6) is 0 Å². The number of nitrogens with two attached hydrogens (primary N) is 1. The fourth-order valence-corrected chi connectivity index (χ4v) is 2.65. The Morgan fingerprint density at radius 1 is 1.00 bits per heavy atom. The Morgan fingerprint density at radius 2 is 1.79 bits per heavy atom. The zero-order valence-corrected chi connectivity index (χ0v) is 11.1. The molecular weight excluding hydrogens is 232 g/mol. The molecule has 3 aromatic rings. The molecule has 0 fully saturated rings. The Kier molecular flexibility index (Phi) is 3.10. The van der Waals surface area contributed by atoms with Crippen LogP contribution in [-0.4, -0.2) is 4.57 Å². The van der Waals surface area contributed by atoms with Crippen molar-refractivity contribution in [2.45, 2.75) is 13.0 Å². The molecule has 1 heterocycles. The Balaban J connectivity index is 2.01. The van der Waals surface area contributed by atoms with Crippen LogP contribution in [-0.2, 0) is 20.0 Å². The topological polar surface area (TPSA) is 30.9 Å². The highest BCUT2D eigenvalue weighted by molar-refractivity contribution is 5.84. The lowest BCUT2D eigenvalue weighted by Crippen LogP contribution is -1.97. The van der Waals surface area contributed by atoms with Crippen molar-refractivity contribution in [3.63, 3.8) is 0 Å². The molecule has 0 spiro atoms. The molecule has 2 N–H and O–H groups in total. The van der Waals surface area contributed by atoms with E-state index >= 15 is 0 Å². The fourth-order valence-electron chi connectivity index (χ4n) is 2.65. The van der Waals surface area contributed by atoms with E-state index < -0.39 is 0 Å². The van der Waals surface area contributed by atoms with Crippen molar-refractivity contribution in [2.24, 2.45) is 12.8 Å². The minimum atomic E-state index is 0.601. The molecule has 0 amide bonds. The van der Waals surface area contributed by atoms with E-state index in [4.69, 9.17) is 5.73 Å². The zero-order valence-electron chi connectivity index (χ0n) is 11.1. The third-order valence-corrected chi connectivity index (χ3v) is 3.60. The second-order valence-electron chi connectivity index (χ2n) is 4.98. The van der Waals surface area contributed by atoms with Crippen LogP contribution < -0.4 is 5.73 Å². The van der Waals surface area contributed by atoms with Gasteiger partial charge in [-0.2, -0.15) is 0 Å². The van der Waals surface area contributed by atoms with Gasteiger partial charge in [0.2, 0.25) is 0 Å². The van der Waals surface area contributed by atoms with Gasteiger partial charge in [-0.05, 0) is 29.2 Å². The monoisotopic (exact) mass is 250 g/mol. The summed E-state index contributed by atoms with van der Waals surface area (Å²) in [6.45, 7) is 0.601. The van der Waals surface area contributed by atoms with Crippen LogP contribution in [0.1, 0.15) is 16.7 Å². The average molecular weight is 250 g/mol. The van der Waals surface area contributed by atoms with Gasteiger partial charge < -0.3 is 10.3 Å². The quantitative estimate of drug-likeness (QED) is 0.760. The maximum Gasteiger partial charge on any atom is 0.0480 e. The molecule has 2 heteroatoms. The van der Waals surface area contributed by atoms with E-state index in [0.717, 1.165) is 6.42 Å². The summed E-state index contributed by atoms with van der Waals surface area (Å²) in [6, 6.07) is 17.1. The summed E-state index contributed by atoms with van der Waals surface area (Å²) < 4.78 is 2.19. The van der Waals surface area contributed by atoms with Crippen LogP contribution in [0.3, 0.4) is 0 Å². The highest BCUT2D eigenvalue weighted by Gasteiger charge is 2.06. The van der Waals surface area contributed by atoms with Gasteiger partial charge in [-0.3, -0.25) is 0 Å². The Bertz CT molecular complexity index is 710. The molecule has 2 nitrogen and oxygen atoms in total. The Labute approximate surface area is 113 Å². The third kappa shape index (κ3) is 2.27. The lowest BCUT2D eigenvalue weighted by molar-refractivity contribution is 0.957. The van der Waals surface area contributed by atoms with Crippen molar-refractivity contribution in [1.29, 1.82) is 0 Å². The normalized spacial score (nSPS) is 11.1. The van der Waals surface area contributed by atoms with Crippen LogP contribution in [0.15, 0.2) is 54.7 Å². The van der Waals surface area contributed by atoms with Gasteiger partial charge in [0.1, 0.15) is 0 Å². The molecule has 3 rings (SSSR count). The molecule has 0 unspecified atom stereocenters. The van der Waals surface area contributed by atoms with Gasteiger partial charge >= 0.3 is 0 Å². The second-order valence-corrected chi connectivity index (χ2v) is 4.98. The minimum Gasteiger partial charge on any atom is -0.350 e. The first-order chi connectivity index (χ1) is 9.28. The number of aromatic nitrogens is 1. The number of benzene rings is 2. The first kappa shape index (κ1) is 12.0. The van der Waals surface area contributed by atoms with Crippen LogP contribution in [0.25, 0.3) is 10.9 Å². The summed E-state index contributed by atoms with van der Waals surface area (Å²) >= 11 is 0. The summed E-state index contributed by atoms with van der Waals surface area (Å²) in [6.07, 6.45) is 3.18. The zero-order chi connectivity index (χ0) is 13.2. The molecule has 0 saturated carbocycles. The molecular formula is C17H18N2. The van der Waals surface area contributed by atoms with E-state index in [-0.39, 0.29) is 0 Å². The molecule has 19 heavy (non-hydrogen) atoms. The van der Waals surface area contributed by atoms with E-state index in [0.29, 0.717) is 6.54 Å². The molecule has 0 atom stereocenters. The second kappa shape index (κ2) is 4.90. The van der Waals surface area contributed by atoms with E-state index in [1.807, 2.05) is 0 Å². The number of fused-ring (bicyclic) bond motifs is 1. The van der Waals surface area contributed by atoms with E-state index in [9.17, 15) is 0 Å². The van der Waals surface area contributed by atoms with Crippen molar-refractivity contribution in [3.05, 3.63) is 71.4 Å². The Hall–Kier alpha value is -2.06. The number of hydrogen-bond acceptors (Lipinski definition) is 1. The predicted octanol–water partition coefficient (Wildman–Crippen LogP) is 3.23. The molecule has 96 valence electrons. The molecule has 0 aliphatic rings. The number of aryl methyl sites for hydroxylation is 1. The van der Waals surface area contributed by atoms with Crippen molar-refractivity contribution in [1.82, 2.24) is 4.57 Å². The van der Waals surface area contributed by atoms with Gasteiger partial charge in [0.25, 0.3) is 0 Å². The molecule has 2 aromatic carbocycles. The first-order valence-electron chi connectivity index (χ1n) is 6.59. The fraction of sp³-hybridized carbons (Fsp3) is 0.176. The van der Waals surface area contributed by atoms with Crippen LogP contribution in [0, 0.1) is 0 Å². The molecule has 1 aromatic heterocycles. The van der Waals surface area contributed by atoms with E-state index in [1.165, 1.54) is 27.6 Å². The van der Waals surface area contributed by atoms with Gasteiger partial charge in [-0.1, -0.05) is 42.5 Å². The largest absolute Gasteiger partial charge is 0.350 e. The maximum absolute atomic E-state index is 5.70. The van der Waals surface area contributed by atoms with E-state index in [1.54, 1.807) is 0 Å². The summed E-state index contributed by atoms with van der Waals surface area (Å²) in [5, 5.41) is 1.34. The van der Waals surface area contributed by atoms with Crippen LogP contribution in [0.2, 0.25) is 0 Å². The average Bonchev–Trinajstić information content (AvgIpc) is 2.76. The Morgan fingerprint density at radius 3 is 2.63 bits per heavy atom. The van der Waals surface area contributed by atoms with Gasteiger partial charge in [0, 0.05) is 30.7 Å². The van der Waals surface area contributed by atoms with Crippen LogP contribution in [0.4, 0.5) is 0 Å². The van der Waals surface area contributed by atoms with Crippen molar-refractivity contribution in [3.8, 4) is 0 Å². The van der Waals surface area contributed by atoms with Gasteiger partial charge in [0.15, 0.2) is 0 Å². The summed E-state index contributed by atoms with van der Waals surface area (Å²) in [5.74, 6) is 0. The lowest BCUT2D eigenvalue weighted by atomic mass is 10.0. The minimum absolute atomic E-state index is 0.601. The smallest absolute Gasteiger partial charge is 0.0480 e. The van der Waals surface area contributed by atoms with Gasteiger partial charge in [-0.15, -0.1) is 0 Å². The lowest BCUT2D eigenvalue weighted by Gasteiger charge is -2.03. The standard InChI is InChI=1S/C17H18N2/c1-19-12-15(16-7-2-3-8-17(16)19)10-13-5-4-6-14(9-13)11-18/h2-9,12H,10-11,18H2,1H3. The number of para-hydroxylation sites is 1. The molecule has 0 saturated heterocycles. The number of nitrogens with zero attached hydrogens (tertiary/aromatic N) is 1.